The van der Waals surface area contributed by atoms with Crippen LogP contribution in [0.5, 0.6) is 11.6 Å². The number of hydrogen-bond donors (Lipinski definition) is 1. The molecule has 20 heavy (non-hydrogen) atoms. The van der Waals surface area contributed by atoms with Crippen LogP contribution in [0, 0.1) is 5.82 Å². The number of aromatic nitrogens is 2. The molecule has 4 nitrogen and oxygen atoms in total. The normalized spacial score (nSPS) is 11.4. The van der Waals surface area contributed by atoms with Gasteiger partial charge in [0, 0.05) is 0 Å². The van der Waals surface area contributed by atoms with E-state index in [9.17, 15) is 17.6 Å². The zero-order chi connectivity index (χ0) is 14.8. The van der Waals surface area contributed by atoms with Crippen LogP contribution in [0.25, 0.3) is 0 Å². The van der Waals surface area contributed by atoms with E-state index in [0.29, 0.717) is 12.1 Å². The molecule has 0 aliphatic carbocycles. The maximum Gasteiger partial charge on any atom is 0.419 e. The zero-order valence-corrected chi connectivity index (χ0v) is 9.86. The Balaban J connectivity index is 2.30. The summed E-state index contributed by atoms with van der Waals surface area (Å²) in [5.74, 6) is -1.72. The smallest absolute Gasteiger partial charge is 0.419 e. The molecule has 0 amide bonds. The van der Waals surface area contributed by atoms with Gasteiger partial charge in [-0.2, -0.15) is 13.2 Å². The first-order valence-electron chi connectivity index (χ1n) is 5.36. The minimum absolute atomic E-state index is 0.101. The molecule has 8 heteroatoms. The van der Waals surface area contributed by atoms with E-state index in [1.54, 1.807) is 0 Å². The van der Waals surface area contributed by atoms with E-state index in [1.807, 2.05) is 0 Å². The van der Waals surface area contributed by atoms with Crippen molar-refractivity contribution in [3.63, 3.8) is 0 Å². The van der Waals surface area contributed by atoms with Crippen LogP contribution >= 0.6 is 0 Å². The van der Waals surface area contributed by atoms with Crippen molar-refractivity contribution in [3.8, 4) is 11.6 Å². The monoisotopic (exact) mass is 288 g/mol. The lowest BCUT2D eigenvalue weighted by atomic mass is 10.2. The average molecular weight is 288 g/mol. The first kappa shape index (κ1) is 14.2. The van der Waals surface area contributed by atoms with E-state index in [1.165, 1.54) is 6.20 Å². The van der Waals surface area contributed by atoms with Gasteiger partial charge < -0.3 is 9.84 Å². The van der Waals surface area contributed by atoms with Gasteiger partial charge in [-0.3, -0.25) is 4.98 Å². The SMILES string of the molecule is OCc1cncc(Oc2ccc(F)c(C(F)(F)F)c2)n1. The summed E-state index contributed by atoms with van der Waals surface area (Å²) in [5, 5.41) is 8.86. The van der Waals surface area contributed by atoms with Crippen LogP contribution in [0.1, 0.15) is 11.3 Å². The number of alkyl halides is 3. The van der Waals surface area contributed by atoms with Gasteiger partial charge in [0.1, 0.15) is 11.6 Å². The fourth-order valence-corrected chi connectivity index (χ4v) is 1.42. The van der Waals surface area contributed by atoms with Crippen LogP contribution < -0.4 is 4.74 Å². The van der Waals surface area contributed by atoms with Crippen molar-refractivity contribution in [1.29, 1.82) is 0 Å². The van der Waals surface area contributed by atoms with Crippen molar-refractivity contribution >= 4 is 0 Å². The highest BCUT2D eigenvalue weighted by Crippen LogP contribution is 2.34. The van der Waals surface area contributed by atoms with E-state index < -0.39 is 17.6 Å². The molecule has 1 aromatic heterocycles. The molecular weight excluding hydrogens is 280 g/mol. The zero-order valence-electron chi connectivity index (χ0n) is 9.86. The number of aliphatic hydroxyl groups is 1. The van der Waals surface area contributed by atoms with Crippen molar-refractivity contribution in [1.82, 2.24) is 9.97 Å². The number of halogens is 4. The first-order valence-corrected chi connectivity index (χ1v) is 5.36. The summed E-state index contributed by atoms with van der Waals surface area (Å²) in [4.78, 5) is 7.49. The second-order valence-electron chi connectivity index (χ2n) is 3.75. The second kappa shape index (κ2) is 5.41. The lowest BCUT2D eigenvalue weighted by molar-refractivity contribution is -0.140. The van der Waals surface area contributed by atoms with Gasteiger partial charge in [0.15, 0.2) is 0 Å². The molecule has 0 atom stereocenters. The molecule has 1 heterocycles. The Morgan fingerprint density at radius 2 is 1.95 bits per heavy atom. The maximum absolute atomic E-state index is 13.1. The summed E-state index contributed by atoms with van der Waals surface area (Å²) in [5.41, 5.74) is -1.23. The molecule has 0 saturated heterocycles. The van der Waals surface area contributed by atoms with Crippen molar-refractivity contribution in [2.24, 2.45) is 0 Å². The summed E-state index contributed by atoms with van der Waals surface area (Å²) < 4.78 is 55.7. The Morgan fingerprint density at radius 3 is 2.60 bits per heavy atom. The number of hydrogen-bond acceptors (Lipinski definition) is 4. The molecule has 2 aromatic rings. The number of ether oxygens (including phenoxy) is 1. The Hall–Kier alpha value is -2.22. The van der Waals surface area contributed by atoms with Gasteiger partial charge in [-0.25, -0.2) is 9.37 Å². The van der Waals surface area contributed by atoms with Gasteiger partial charge in [0.2, 0.25) is 5.88 Å². The molecule has 0 saturated carbocycles. The van der Waals surface area contributed by atoms with Gasteiger partial charge in [-0.15, -0.1) is 0 Å². The van der Waals surface area contributed by atoms with Gasteiger partial charge in [-0.05, 0) is 18.2 Å². The largest absolute Gasteiger partial charge is 0.437 e. The van der Waals surface area contributed by atoms with Gasteiger partial charge in [0.25, 0.3) is 0 Å². The lowest BCUT2D eigenvalue weighted by Gasteiger charge is -2.10. The molecule has 2 rings (SSSR count). The fourth-order valence-electron chi connectivity index (χ4n) is 1.42. The van der Waals surface area contributed by atoms with Crippen LogP contribution in [0.2, 0.25) is 0 Å². The molecule has 106 valence electrons. The quantitative estimate of drug-likeness (QED) is 0.882. The van der Waals surface area contributed by atoms with E-state index >= 15 is 0 Å². The molecule has 0 aliphatic rings. The van der Waals surface area contributed by atoms with E-state index in [4.69, 9.17) is 9.84 Å². The predicted molar refractivity (Wildman–Crippen MR) is 59.4 cm³/mol. The van der Waals surface area contributed by atoms with Crippen LogP contribution in [0.3, 0.4) is 0 Å². The molecule has 0 aliphatic heterocycles. The van der Waals surface area contributed by atoms with Crippen molar-refractivity contribution < 1.29 is 27.4 Å². The topological polar surface area (TPSA) is 55.2 Å². The third-order valence-corrected chi connectivity index (χ3v) is 2.29. The third kappa shape index (κ3) is 3.21. The Morgan fingerprint density at radius 1 is 1.20 bits per heavy atom. The number of nitrogens with zero attached hydrogens (tertiary/aromatic N) is 2. The fraction of sp³-hybridized carbons (Fsp3) is 0.167. The molecule has 0 unspecified atom stereocenters. The lowest BCUT2D eigenvalue weighted by Crippen LogP contribution is -2.08. The maximum atomic E-state index is 13.1. The number of rotatable bonds is 3. The van der Waals surface area contributed by atoms with Crippen LogP contribution in [-0.4, -0.2) is 15.1 Å². The van der Waals surface area contributed by atoms with Crippen molar-refractivity contribution in [2.45, 2.75) is 12.8 Å². The standard InChI is InChI=1S/C12H8F4N2O2/c13-10-2-1-8(3-9(10)12(14,15)16)20-11-5-17-4-7(6-19)18-11/h1-5,19H,6H2. The highest BCUT2D eigenvalue weighted by atomic mass is 19.4. The average Bonchev–Trinajstić information content (AvgIpc) is 2.40. The van der Waals surface area contributed by atoms with Crippen LogP contribution in [0.4, 0.5) is 17.6 Å². The van der Waals surface area contributed by atoms with E-state index in [-0.39, 0.29) is 23.9 Å². The summed E-state index contributed by atoms with van der Waals surface area (Å²) in [6, 6.07) is 2.22. The summed E-state index contributed by atoms with van der Waals surface area (Å²) in [7, 11) is 0. The Labute approximate surface area is 110 Å². The molecule has 1 aromatic carbocycles. The van der Waals surface area contributed by atoms with Crippen LogP contribution in [0.15, 0.2) is 30.6 Å². The minimum Gasteiger partial charge on any atom is -0.437 e. The molecule has 0 fully saturated rings. The molecular formula is C12H8F4N2O2. The van der Waals surface area contributed by atoms with Crippen molar-refractivity contribution in [3.05, 3.63) is 47.7 Å². The van der Waals surface area contributed by atoms with Crippen molar-refractivity contribution in [2.75, 3.05) is 0 Å². The number of benzene rings is 1. The van der Waals surface area contributed by atoms with E-state index in [0.717, 1.165) is 12.3 Å². The highest BCUT2D eigenvalue weighted by Gasteiger charge is 2.34. The summed E-state index contributed by atoms with van der Waals surface area (Å²) in [6.07, 6.45) is -2.38. The van der Waals surface area contributed by atoms with E-state index in [2.05, 4.69) is 9.97 Å². The first-order chi connectivity index (χ1) is 9.40. The second-order valence-corrected chi connectivity index (χ2v) is 3.75. The molecule has 0 radical (unpaired) electrons. The molecule has 0 bridgehead atoms. The minimum atomic E-state index is -4.82. The molecule has 0 spiro atoms. The summed E-state index contributed by atoms with van der Waals surface area (Å²) >= 11 is 0. The Bertz CT molecular complexity index is 617. The number of aliphatic hydroxyl groups excluding tert-OH is 1. The Kier molecular flexibility index (Phi) is 3.84. The van der Waals surface area contributed by atoms with Gasteiger partial charge in [0.05, 0.1) is 30.3 Å². The molecule has 1 N–H and O–H groups in total. The third-order valence-electron chi connectivity index (χ3n) is 2.29. The predicted octanol–water partition coefficient (Wildman–Crippen LogP) is 2.92. The highest BCUT2D eigenvalue weighted by molar-refractivity contribution is 5.33. The van der Waals surface area contributed by atoms with Gasteiger partial charge >= 0.3 is 6.18 Å². The summed E-state index contributed by atoms with van der Waals surface area (Å²) in [6.45, 7) is -0.387. The van der Waals surface area contributed by atoms with Crippen LogP contribution in [-0.2, 0) is 12.8 Å². The van der Waals surface area contributed by atoms with Gasteiger partial charge in [-0.1, -0.05) is 0 Å².